The summed E-state index contributed by atoms with van der Waals surface area (Å²) < 4.78 is 0. The quantitative estimate of drug-likeness (QED) is 0.449. The van der Waals surface area contributed by atoms with Crippen LogP contribution in [0.2, 0.25) is 0 Å². The summed E-state index contributed by atoms with van der Waals surface area (Å²) >= 11 is 0. The molecule has 0 aromatic carbocycles. The Morgan fingerprint density at radius 3 is 2.50 bits per heavy atom. The molecule has 0 spiro atoms. The van der Waals surface area contributed by atoms with E-state index in [0.29, 0.717) is 5.41 Å². The van der Waals surface area contributed by atoms with Crippen LogP contribution in [-0.4, -0.2) is 0 Å². The zero-order valence-corrected chi connectivity index (χ0v) is 6.98. The maximum Gasteiger partial charge on any atom is -0.0152 e. The third kappa shape index (κ3) is 0.680. The fourth-order valence-corrected chi connectivity index (χ4v) is 3.01. The van der Waals surface area contributed by atoms with E-state index < -0.39 is 0 Å². The molecule has 0 heteroatoms. The van der Waals surface area contributed by atoms with Crippen molar-refractivity contribution in [3.63, 3.8) is 0 Å². The van der Waals surface area contributed by atoms with Gasteiger partial charge >= 0.3 is 0 Å². The molecule has 2 aliphatic rings. The van der Waals surface area contributed by atoms with E-state index >= 15 is 0 Å². The predicted molar refractivity (Wildman–Crippen MR) is 43.8 cm³/mol. The Morgan fingerprint density at radius 2 is 2.20 bits per heavy atom. The van der Waals surface area contributed by atoms with Crippen molar-refractivity contribution in [3.05, 3.63) is 12.2 Å². The highest BCUT2D eigenvalue weighted by molar-refractivity contribution is 5.17. The Morgan fingerprint density at radius 1 is 1.50 bits per heavy atom. The first-order valence-electron chi connectivity index (χ1n) is 4.27. The number of hydrogen-bond acceptors (Lipinski definition) is 0. The highest BCUT2D eigenvalue weighted by Crippen LogP contribution is 2.57. The SMILES string of the molecule is C=C1CC2CC1C(C)(C)C2. The van der Waals surface area contributed by atoms with Crippen molar-refractivity contribution in [2.45, 2.75) is 33.1 Å². The van der Waals surface area contributed by atoms with Crippen LogP contribution >= 0.6 is 0 Å². The van der Waals surface area contributed by atoms with E-state index in [1.54, 1.807) is 0 Å². The molecule has 0 saturated heterocycles. The molecule has 10 heavy (non-hydrogen) atoms. The second-order valence-corrected chi connectivity index (χ2v) is 4.71. The summed E-state index contributed by atoms with van der Waals surface area (Å²) in [6, 6.07) is 0. The van der Waals surface area contributed by atoms with Crippen LogP contribution in [-0.2, 0) is 0 Å². The highest BCUT2D eigenvalue weighted by Gasteiger charge is 2.46. The van der Waals surface area contributed by atoms with Gasteiger partial charge in [0, 0.05) is 0 Å². The number of rotatable bonds is 0. The van der Waals surface area contributed by atoms with Crippen LogP contribution in [0.3, 0.4) is 0 Å². The molecule has 2 saturated carbocycles. The van der Waals surface area contributed by atoms with Gasteiger partial charge in [-0.25, -0.2) is 0 Å². The maximum atomic E-state index is 4.13. The van der Waals surface area contributed by atoms with Crippen molar-refractivity contribution in [2.24, 2.45) is 17.3 Å². The van der Waals surface area contributed by atoms with Crippen LogP contribution in [0.5, 0.6) is 0 Å². The zero-order chi connectivity index (χ0) is 7.35. The van der Waals surface area contributed by atoms with Crippen LogP contribution in [0.15, 0.2) is 12.2 Å². The van der Waals surface area contributed by atoms with Gasteiger partial charge in [-0.15, -0.1) is 0 Å². The molecule has 0 aromatic heterocycles. The van der Waals surface area contributed by atoms with Gasteiger partial charge in [0.05, 0.1) is 0 Å². The summed E-state index contributed by atoms with van der Waals surface area (Å²) in [6.45, 7) is 8.91. The fraction of sp³-hybridized carbons (Fsp3) is 0.800. The van der Waals surface area contributed by atoms with Gasteiger partial charge < -0.3 is 0 Å². The molecule has 2 aliphatic carbocycles. The average Bonchev–Trinajstić information content (AvgIpc) is 2.18. The molecule has 0 radical (unpaired) electrons. The lowest BCUT2D eigenvalue weighted by Gasteiger charge is -2.30. The van der Waals surface area contributed by atoms with Gasteiger partial charge in [0.15, 0.2) is 0 Å². The van der Waals surface area contributed by atoms with Crippen molar-refractivity contribution < 1.29 is 0 Å². The molecule has 0 aliphatic heterocycles. The maximum absolute atomic E-state index is 4.13. The fourth-order valence-electron chi connectivity index (χ4n) is 3.01. The normalized spacial score (nSPS) is 42.8. The molecule has 2 fully saturated rings. The van der Waals surface area contributed by atoms with E-state index in [0.717, 1.165) is 11.8 Å². The van der Waals surface area contributed by atoms with E-state index in [4.69, 9.17) is 0 Å². The molecule has 0 N–H and O–H groups in total. The van der Waals surface area contributed by atoms with Crippen LogP contribution in [0, 0.1) is 17.3 Å². The molecule has 0 nitrogen and oxygen atoms in total. The molecule has 2 atom stereocenters. The zero-order valence-electron chi connectivity index (χ0n) is 6.98. The standard InChI is InChI=1S/C10H16/c1-7-4-8-5-9(7)10(2,3)6-8/h8-9H,1,4-6H2,2-3H3. The largest absolute Gasteiger partial charge is 0.0996 e. The third-order valence-electron chi connectivity index (χ3n) is 3.37. The molecule has 2 rings (SSSR count). The lowest BCUT2D eigenvalue weighted by atomic mass is 9.74. The summed E-state index contributed by atoms with van der Waals surface area (Å²) in [7, 11) is 0. The van der Waals surface area contributed by atoms with Crippen LogP contribution in [0.1, 0.15) is 33.1 Å². The van der Waals surface area contributed by atoms with E-state index in [1.165, 1.54) is 24.8 Å². The van der Waals surface area contributed by atoms with Crippen molar-refractivity contribution in [2.75, 3.05) is 0 Å². The summed E-state index contributed by atoms with van der Waals surface area (Å²) in [6.07, 6.45) is 4.20. The second kappa shape index (κ2) is 1.66. The van der Waals surface area contributed by atoms with Crippen LogP contribution < -0.4 is 0 Å². The Kier molecular flexibility index (Phi) is 1.07. The van der Waals surface area contributed by atoms with Crippen LogP contribution in [0.25, 0.3) is 0 Å². The first kappa shape index (κ1) is 6.45. The van der Waals surface area contributed by atoms with Crippen molar-refractivity contribution >= 4 is 0 Å². The van der Waals surface area contributed by atoms with Crippen molar-refractivity contribution in [1.82, 2.24) is 0 Å². The molecular weight excluding hydrogens is 120 g/mol. The van der Waals surface area contributed by atoms with Gasteiger partial charge in [-0.3, -0.25) is 0 Å². The van der Waals surface area contributed by atoms with Gasteiger partial charge in [-0.2, -0.15) is 0 Å². The number of fused-ring (bicyclic) bond motifs is 2. The Labute approximate surface area is 63.3 Å². The second-order valence-electron chi connectivity index (χ2n) is 4.71. The van der Waals surface area contributed by atoms with Gasteiger partial charge in [-0.05, 0) is 36.5 Å². The smallest absolute Gasteiger partial charge is 0.0152 e. The van der Waals surface area contributed by atoms with Crippen molar-refractivity contribution in [1.29, 1.82) is 0 Å². The molecule has 0 aromatic rings. The molecule has 56 valence electrons. The van der Waals surface area contributed by atoms with Crippen molar-refractivity contribution in [3.8, 4) is 0 Å². The van der Waals surface area contributed by atoms with Gasteiger partial charge in [0.2, 0.25) is 0 Å². The first-order valence-corrected chi connectivity index (χ1v) is 4.27. The van der Waals surface area contributed by atoms with E-state index in [9.17, 15) is 0 Å². The van der Waals surface area contributed by atoms with Crippen LogP contribution in [0.4, 0.5) is 0 Å². The monoisotopic (exact) mass is 136 g/mol. The van der Waals surface area contributed by atoms with Gasteiger partial charge in [0.1, 0.15) is 0 Å². The average molecular weight is 136 g/mol. The first-order chi connectivity index (χ1) is 4.59. The highest BCUT2D eigenvalue weighted by atomic mass is 14.5. The number of allylic oxidation sites excluding steroid dienone is 1. The Bertz CT molecular complexity index is 176. The Hall–Kier alpha value is -0.260. The minimum atomic E-state index is 0.583. The van der Waals surface area contributed by atoms with Gasteiger partial charge in [-0.1, -0.05) is 26.0 Å². The van der Waals surface area contributed by atoms with Gasteiger partial charge in [0.25, 0.3) is 0 Å². The predicted octanol–water partition coefficient (Wildman–Crippen LogP) is 3.00. The summed E-state index contributed by atoms with van der Waals surface area (Å²) in [5.41, 5.74) is 2.11. The summed E-state index contributed by atoms with van der Waals surface area (Å²) in [5, 5.41) is 0. The third-order valence-corrected chi connectivity index (χ3v) is 3.37. The lowest BCUT2D eigenvalue weighted by molar-refractivity contribution is 0.267. The van der Waals surface area contributed by atoms with E-state index in [2.05, 4.69) is 20.4 Å². The molecule has 2 unspecified atom stereocenters. The molecule has 2 bridgehead atoms. The summed E-state index contributed by atoms with van der Waals surface area (Å²) in [5.74, 6) is 1.85. The Balaban J connectivity index is 2.28. The van der Waals surface area contributed by atoms with E-state index in [-0.39, 0.29) is 0 Å². The molecule has 0 heterocycles. The summed E-state index contributed by atoms with van der Waals surface area (Å²) in [4.78, 5) is 0. The minimum absolute atomic E-state index is 0.583. The number of hydrogen-bond donors (Lipinski definition) is 0. The topological polar surface area (TPSA) is 0 Å². The lowest BCUT2D eigenvalue weighted by Crippen LogP contribution is -2.20. The van der Waals surface area contributed by atoms with E-state index in [1.807, 2.05) is 0 Å². The molecular formula is C10H16. The minimum Gasteiger partial charge on any atom is -0.0996 e. The molecule has 0 amide bonds.